The molecule has 0 rings (SSSR count). The molecule has 0 aliphatic rings. The molecule has 2 nitrogen and oxygen atoms in total. The molecule has 0 saturated carbocycles. The largest absolute Gasteiger partial charge is 0.383 e. The monoisotopic (exact) mass is 159 g/mol. The van der Waals surface area contributed by atoms with Crippen LogP contribution in [0.2, 0.25) is 0 Å². The Balaban J connectivity index is 2.89. The molecule has 0 aromatic carbocycles. The summed E-state index contributed by atoms with van der Waals surface area (Å²) in [7, 11) is 1.73. The highest BCUT2D eigenvalue weighted by molar-refractivity contribution is 4.53. The quantitative estimate of drug-likeness (QED) is 0.570. The molecule has 0 fully saturated rings. The minimum Gasteiger partial charge on any atom is -0.383 e. The Labute approximate surface area is 70.3 Å². The molecule has 0 saturated heterocycles. The third-order valence-electron chi connectivity index (χ3n) is 1.99. The van der Waals surface area contributed by atoms with Gasteiger partial charge in [-0.1, -0.05) is 20.3 Å². The molecule has 1 unspecified atom stereocenters. The number of hydrogen-bond donors (Lipinski definition) is 1. The van der Waals surface area contributed by atoms with Gasteiger partial charge in [-0.05, 0) is 18.9 Å². The Morgan fingerprint density at radius 2 is 2.09 bits per heavy atom. The fourth-order valence-electron chi connectivity index (χ4n) is 0.852. The van der Waals surface area contributed by atoms with Crippen LogP contribution in [-0.4, -0.2) is 26.8 Å². The molecule has 68 valence electrons. The lowest BCUT2D eigenvalue weighted by Crippen LogP contribution is -2.21. The molecule has 0 amide bonds. The molecule has 1 N–H and O–H groups in total. The second kappa shape index (κ2) is 8.02. The summed E-state index contributed by atoms with van der Waals surface area (Å²) in [6.45, 7) is 7.45. The van der Waals surface area contributed by atoms with Gasteiger partial charge in [-0.15, -0.1) is 0 Å². The smallest absolute Gasteiger partial charge is 0.0587 e. The molecule has 1 atom stereocenters. The predicted molar refractivity (Wildman–Crippen MR) is 48.8 cm³/mol. The first-order valence-corrected chi connectivity index (χ1v) is 4.50. The third kappa shape index (κ3) is 7.82. The lowest BCUT2D eigenvalue weighted by Gasteiger charge is -2.08. The molecule has 0 aromatic rings. The van der Waals surface area contributed by atoms with E-state index in [1.54, 1.807) is 7.11 Å². The number of methoxy groups -OCH3 is 1. The van der Waals surface area contributed by atoms with Crippen molar-refractivity contribution in [1.82, 2.24) is 5.32 Å². The molecule has 0 radical (unpaired) electrons. The molecule has 0 aliphatic carbocycles. The zero-order valence-electron chi connectivity index (χ0n) is 8.02. The minimum atomic E-state index is 0.820. The van der Waals surface area contributed by atoms with Gasteiger partial charge in [0.15, 0.2) is 0 Å². The van der Waals surface area contributed by atoms with Gasteiger partial charge in [-0.2, -0.15) is 0 Å². The molecular formula is C9H21NO. The Kier molecular flexibility index (Phi) is 7.96. The highest BCUT2D eigenvalue weighted by Gasteiger charge is 1.96. The number of rotatable bonds is 7. The Hall–Kier alpha value is -0.0800. The maximum atomic E-state index is 4.91. The van der Waals surface area contributed by atoms with E-state index in [-0.39, 0.29) is 0 Å². The van der Waals surface area contributed by atoms with Gasteiger partial charge in [-0.3, -0.25) is 0 Å². The van der Waals surface area contributed by atoms with Crippen LogP contribution < -0.4 is 5.32 Å². The molecule has 0 heterocycles. The van der Waals surface area contributed by atoms with E-state index in [9.17, 15) is 0 Å². The van der Waals surface area contributed by atoms with Gasteiger partial charge >= 0.3 is 0 Å². The van der Waals surface area contributed by atoms with E-state index in [0.29, 0.717) is 0 Å². The molecule has 2 heteroatoms. The zero-order chi connectivity index (χ0) is 8.53. The third-order valence-corrected chi connectivity index (χ3v) is 1.99. The SMILES string of the molecule is CCC(C)CCNCCOC. The van der Waals surface area contributed by atoms with Crippen LogP contribution in [0, 0.1) is 5.92 Å². The van der Waals surface area contributed by atoms with E-state index in [1.165, 1.54) is 12.8 Å². The standard InChI is InChI=1S/C9H21NO/c1-4-9(2)5-6-10-7-8-11-3/h9-10H,4-8H2,1-3H3. The van der Waals surface area contributed by atoms with Crippen LogP contribution >= 0.6 is 0 Å². The maximum Gasteiger partial charge on any atom is 0.0587 e. The van der Waals surface area contributed by atoms with Crippen LogP contribution in [0.4, 0.5) is 0 Å². The molecule has 0 spiro atoms. The van der Waals surface area contributed by atoms with Crippen LogP contribution in [-0.2, 0) is 4.74 Å². The maximum absolute atomic E-state index is 4.91. The Morgan fingerprint density at radius 3 is 2.64 bits per heavy atom. The second-order valence-electron chi connectivity index (χ2n) is 3.04. The summed E-state index contributed by atoms with van der Waals surface area (Å²) in [5.74, 6) is 0.852. The van der Waals surface area contributed by atoms with E-state index in [1.807, 2.05) is 0 Å². The van der Waals surface area contributed by atoms with Crippen LogP contribution in [0.3, 0.4) is 0 Å². The van der Waals surface area contributed by atoms with Crippen LogP contribution in [0.15, 0.2) is 0 Å². The fourth-order valence-corrected chi connectivity index (χ4v) is 0.852. The van der Waals surface area contributed by atoms with E-state index < -0.39 is 0 Å². The molecular weight excluding hydrogens is 138 g/mol. The summed E-state index contributed by atoms with van der Waals surface area (Å²) in [6, 6.07) is 0. The van der Waals surface area contributed by atoms with Crippen molar-refractivity contribution in [1.29, 1.82) is 0 Å². The van der Waals surface area contributed by atoms with Crippen molar-refractivity contribution in [2.45, 2.75) is 26.7 Å². The number of hydrogen-bond acceptors (Lipinski definition) is 2. The van der Waals surface area contributed by atoms with Crippen molar-refractivity contribution in [3.05, 3.63) is 0 Å². The highest BCUT2D eigenvalue weighted by atomic mass is 16.5. The normalized spacial score (nSPS) is 13.4. The lowest BCUT2D eigenvalue weighted by molar-refractivity contribution is 0.199. The van der Waals surface area contributed by atoms with E-state index in [4.69, 9.17) is 4.74 Å². The van der Waals surface area contributed by atoms with Crippen molar-refractivity contribution >= 4 is 0 Å². The Bertz CT molecular complexity index is 76.0. The average molecular weight is 159 g/mol. The van der Waals surface area contributed by atoms with E-state index in [2.05, 4.69) is 19.2 Å². The van der Waals surface area contributed by atoms with Crippen LogP contribution in [0.5, 0.6) is 0 Å². The summed E-state index contributed by atoms with van der Waals surface area (Å²) in [6.07, 6.45) is 2.56. The van der Waals surface area contributed by atoms with Crippen molar-refractivity contribution < 1.29 is 4.74 Å². The highest BCUT2D eigenvalue weighted by Crippen LogP contribution is 2.03. The van der Waals surface area contributed by atoms with Gasteiger partial charge in [0.2, 0.25) is 0 Å². The van der Waals surface area contributed by atoms with Crippen molar-refractivity contribution in [2.75, 3.05) is 26.8 Å². The van der Waals surface area contributed by atoms with Gasteiger partial charge in [0, 0.05) is 13.7 Å². The fraction of sp³-hybridized carbons (Fsp3) is 1.00. The summed E-state index contributed by atoms with van der Waals surface area (Å²) in [5, 5.41) is 3.33. The van der Waals surface area contributed by atoms with E-state index >= 15 is 0 Å². The topological polar surface area (TPSA) is 21.3 Å². The minimum absolute atomic E-state index is 0.820. The van der Waals surface area contributed by atoms with Crippen molar-refractivity contribution in [2.24, 2.45) is 5.92 Å². The van der Waals surface area contributed by atoms with Crippen LogP contribution in [0.25, 0.3) is 0 Å². The molecule has 0 aliphatic heterocycles. The summed E-state index contributed by atoms with van der Waals surface area (Å²) in [5.41, 5.74) is 0. The average Bonchev–Trinajstić information content (AvgIpc) is 2.04. The first-order chi connectivity index (χ1) is 5.31. The lowest BCUT2D eigenvalue weighted by atomic mass is 10.1. The van der Waals surface area contributed by atoms with Crippen molar-refractivity contribution in [3.63, 3.8) is 0 Å². The van der Waals surface area contributed by atoms with Crippen LogP contribution in [0.1, 0.15) is 26.7 Å². The first kappa shape index (κ1) is 10.9. The van der Waals surface area contributed by atoms with Gasteiger partial charge in [0.05, 0.1) is 6.61 Å². The van der Waals surface area contributed by atoms with Gasteiger partial charge in [0.1, 0.15) is 0 Å². The van der Waals surface area contributed by atoms with E-state index in [0.717, 1.165) is 25.6 Å². The summed E-state index contributed by atoms with van der Waals surface area (Å²) < 4.78 is 4.91. The van der Waals surface area contributed by atoms with Crippen molar-refractivity contribution in [3.8, 4) is 0 Å². The van der Waals surface area contributed by atoms with Gasteiger partial charge < -0.3 is 10.1 Å². The van der Waals surface area contributed by atoms with Gasteiger partial charge in [-0.25, -0.2) is 0 Å². The predicted octanol–water partition coefficient (Wildman–Crippen LogP) is 1.66. The number of nitrogens with one attached hydrogen (secondary N) is 1. The summed E-state index contributed by atoms with van der Waals surface area (Å²) in [4.78, 5) is 0. The number of ether oxygens (including phenoxy) is 1. The zero-order valence-corrected chi connectivity index (χ0v) is 8.02. The molecule has 11 heavy (non-hydrogen) atoms. The Morgan fingerprint density at radius 1 is 1.36 bits per heavy atom. The first-order valence-electron chi connectivity index (χ1n) is 4.50. The second-order valence-corrected chi connectivity index (χ2v) is 3.04. The molecule has 0 aromatic heterocycles. The van der Waals surface area contributed by atoms with Gasteiger partial charge in [0.25, 0.3) is 0 Å². The molecule has 0 bridgehead atoms. The summed E-state index contributed by atoms with van der Waals surface area (Å²) >= 11 is 0.